The molecule has 1 aromatic heterocycles. The zero-order valence-corrected chi connectivity index (χ0v) is 9.32. The molecular weight excluding hydrogens is 204 g/mol. The number of hydrogen-bond donors (Lipinski definition) is 2. The first-order chi connectivity index (χ1) is 7.65. The maximum atomic E-state index is 11.7. The average Bonchev–Trinajstić information content (AvgIpc) is 2.25. The van der Waals surface area contributed by atoms with Gasteiger partial charge >= 0.3 is 0 Å². The first-order valence-electron chi connectivity index (χ1n) is 4.77. The fourth-order valence-corrected chi connectivity index (χ4v) is 1.09. The van der Waals surface area contributed by atoms with E-state index in [4.69, 9.17) is 5.73 Å². The second-order valence-corrected chi connectivity index (χ2v) is 3.24. The summed E-state index contributed by atoms with van der Waals surface area (Å²) in [5, 5.41) is 1.55. The van der Waals surface area contributed by atoms with Crippen LogP contribution in [0.3, 0.4) is 0 Å². The fraction of sp³-hybridized carbons (Fsp3) is 0.273. The zero-order valence-electron chi connectivity index (χ0n) is 9.32. The molecule has 84 valence electrons. The van der Waals surface area contributed by atoms with Crippen LogP contribution in [-0.2, 0) is 0 Å². The summed E-state index contributed by atoms with van der Waals surface area (Å²) in [5.41, 5.74) is 8.77. The van der Waals surface area contributed by atoms with Gasteiger partial charge in [0.2, 0.25) is 0 Å². The Kier molecular flexibility index (Phi) is 4.45. The molecule has 5 heteroatoms. The van der Waals surface area contributed by atoms with Crippen molar-refractivity contribution in [3.8, 4) is 11.8 Å². The predicted octanol–water partition coefficient (Wildman–Crippen LogP) is -0.402. The first-order valence-corrected chi connectivity index (χ1v) is 4.77. The first kappa shape index (κ1) is 12.2. The molecule has 0 fully saturated rings. The Hall–Kier alpha value is -1.90. The third-order valence-corrected chi connectivity index (χ3v) is 1.67. The van der Waals surface area contributed by atoms with Gasteiger partial charge in [0.1, 0.15) is 5.69 Å². The molecule has 3 N–H and O–H groups in total. The quantitative estimate of drug-likeness (QED) is 0.523. The largest absolute Gasteiger partial charge is 0.320 e. The van der Waals surface area contributed by atoms with Crippen molar-refractivity contribution in [2.45, 2.75) is 0 Å². The number of aromatic nitrogens is 1. The standard InChI is InChI=1S/C11H14N4O/c1-15(2)14-11(16)10-9(5-3-7-12)6-4-8-13-10/h4,6,8H,7,12H2,1-2H3,(H,14,16). The molecule has 0 aromatic carbocycles. The van der Waals surface area contributed by atoms with Crippen LogP contribution in [-0.4, -0.2) is 36.5 Å². The Balaban J connectivity index is 2.98. The van der Waals surface area contributed by atoms with E-state index in [0.717, 1.165) is 0 Å². The molecule has 0 aliphatic rings. The van der Waals surface area contributed by atoms with E-state index in [1.165, 1.54) is 0 Å². The maximum Gasteiger partial charge on any atom is 0.285 e. The summed E-state index contributed by atoms with van der Waals surface area (Å²) in [5.74, 6) is 5.22. The van der Waals surface area contributed by atoms with Gasteiger partial charge < -0.3 is 5.73 Å². The normalized spacial score (nSPS) is 9.50. The molecule has 0 spiro atoms. The Bertz CT molecular complexity index is 431. The van der Waals surface area contributed by atoms with Crippen LogP contribution < -0.4 is 11.2 Å². The van der Waals surface area contributed by atoms with E-state index >= 15 is 0 Å². The molecular formula is C11H14N4O. The van der Waals surface area contributed by atoms with Gasteiger partial charge in [-0.2, -0.15) is 0 Å². The van der Waals surface area contributed by atoms with Gasteiger partial charge in [-0.1, -0.05) is 11.8 Å². The number of carbonyl (C=O) groups is 1. The van der Waals surface area contributed by atoms with E-state index in [2.05, 4.69) is 22.3 Å². The SMILES string of the molecule is CN(C)NC(=O)c1ncccc1C#CCN. The van der Waals surface area contributed by atoms with Crippen LogP contribution in [0, 0.1) is 11.8 Å². The van der Waals surface area contributed by atoms with Crippen molar-refractivity contribution >= 4 is 5.91 Å². The van der Waals surface area contributed by atoms with Crippen molar-refractivity contribution in [2.24, 2.45) is 5.73 Å². The lowest BCUT2D eigenvalue weighted by Gasteiger charge is -2.11. The van der Waals surface area contributed by atoms with Gasteiger partial charge in [0.15, 0.2) is 0 Å². The summed E-state index contributed by atoms with van der Waals surface area (Å²) in [6, 6.07) is 3.47. The number of nitrogens with one attached hydrogen (secondary N) is 1. The Morgan fingerprint density at radius 3 is 3.00 bits per heavy atom. The predicted molar refractivity (Wildman–Crippen MR) is 61.3 cm³/mol. The minimum absolute atomic E-state index is 0.254. The van der Waals surface area contributed by atoms with Gasteiger partial charge in [0.05, 0.1) is 12.1 Å². The Labute approximate surface area is 94.6 Å². The highest BCUT2D eigenvalue weighted by molar-refractivity contribution is 5.94. The zero-order chi connectivity index (χ0) is 12.0. The van der Waals surface area contributed by atoms with Gasteiger partial charge in [-0.25, -0.2) is 9.99 Å². The van der Waals surface area contributed by atoms with Crippen molar-refractivity contribution in [1.29, 1.82) is 0 Å². The van der Waals surface area contributed by atoms with Crippen LogP contribution in [0.5, 0.6) is 0 Å². The van der Waals surface area contributed by atoms with E-state index in [1.807, 2.05) is 0 Å². The number of nitrogens with two attached hydrogens (primary N) is 1. The molecule has 0 radical (unpaired) electrons. The lowest BCUT2D eigenvalue weighted by molar-refractivity contribution is 0.0851. The molecule has 1 aromatic rings. The molecule has 0 atom stereocenters. The van der Waals surface area contributed by atoms with Gasteiger partial charge in [0, 0.05) is 20.3 Å². The van der Waals surface area contributed by atoms with Crippen molar-refractivity contribution in [1.82, 2.24) is 15.4 Å². The van der Waals surface area contributed by atoms with E-state index in [1.54, 1.807) is 37.4 Å². The van der Waals surface area contributed by atoms with Crippen LogP contribution in [0.1, 0.15) is 16.1 Å². The van der Waals surface area contributed by atoms with Gasteiger partial charge in [-0.15, -0.1) is 0 Å². The van der Waals surface area contributed by atoms with Gasteiger partial charge in [-0.05, 0) is 12.1 Å². The van der Waals surface area contributed by atoms with E-state index < -0.39 is 0 Å². The van der Waals surface area contributed by atoms with Crippen molar-refractivity contribution in [3.63, 3.8) is 0 Å². The highest BCUT2D eigenvalue weighted by Gasteiger charge is 2.11. The molecule has 1 heterocycles. The third-order valence-electron chi connectivity index (χ3n) is 1.67. The van der Waals surface area contributed by atoms with Crippen LogP contribution in [0.4, 0.5) is 0 Å². The van der Waals surface area contributed by atoms with Crippen LogP contribution in [0.25, 0.3) is 0 Å². The van der Waals surface area contributed by atoms with Crippen molar-refractivity contribution in [3.05, 3.63) is 29.6 Å². The van der Waals surface area contributed by atoms with E-state index in [9.17, 15) is 4.79 Å². The lowest BCUT2D eigenvalue weighted by atomic mass is 10.2. The molecule has 0 aliphatic heterocycles. The summed E-state index contributed by atoms with van der Waals surface area (Å²) < 4.78 is 0. The number of nitrogens with zero attached hydrogens (tertiary/aromatic N) is 2. The van der Waals surface area contributed by atoms with Crippen molar-refractivity contribution in [2.75, 3.05) is 20.6 Å². The molecule has 1 rings (SSSR count). The van der Waals surface area contributed by atoms with Gasteiger partial charge in [-0.3, -0.25) is 10.2 Å². The molecule has 0 saturated heterocycles. The van der Waals surface area contributed by atoms with Crippen LogP contribution in [0.15, 0.2) is 18.3 Å². The lowest BCUT2D eigenvalue weighted by Crippen LogP contribution is -2.37. The van der Waals surface area contributed by atoms with Crippen LogP contribution in [0.2, 0.25) is 0 Å². The highest BCUT2D eigenvalue weighted by Crippen LogP contribution is 2.03. The average molecular weight is 218 g/mol. The van der Waals surface area contributed by atoms with Gasteiger partial charge in [0.25, 0.3) is 5.91 Å². The minimum atomic E-state index is -0.285. The molecule has 5 nitrogen and oxygen atoms in total. The number of pyridine rings is 1. The molecule has 16 heavy (non-hydrogen) atoms. The molecule has 0 aliphatic carbocycles. The van der Waals surface area contributed by atoms with E-state index in [-0.39, 0.29) is 12.5 Å². The topological polar surface area (TPSA) is 71.2 Å². The number of amides is 1. The maximum absolute atomic E-state index is 11.7. The number of hydrogen-bond acceptors (Lipinski definition) is 4. The fourth-order valence-electron chi connectivity index (χ4n) is 1.09. The van der Waals surface area contributed by atoms with Crippen molar-refractivity contribution < 1.29 is 4.79 Å². The minimum Gasteiger partial charge on any atom is -0.320 e. The summed E-state index contributed by atoms with van der Waals surface area (Å²) in [6.07, 6.45) is 1.55. The molecule has 0 bridgehead atoms. The summed E-state index contributed by atoms with van der Waals surface area (Å²) >= 11 is 0. The van der Waals surface area contributed by atoms with E-state index in [0.29, 0.717) is 11.3 Å². The highest BCUT2D eigenvalue weighted by atomic mass is 16.2. The molecule has 1 amide bonds. The third kappa shape index (κ3) is 3.35. The Morgan fingerprint density at radius 1 is 1.62 bits per heavy atom. The molecule has 0 saturated carbocycles. The number of rotatable bonds is 2. The smallest absolute Gasteiger partial charge is 0.285 e. The summed E-state index contributed by atoms with van der Waals surface area (Å²) in [4.78, 5) is 15.7. The van der Waals surface area contributed by atoms with Crippen LogP contribution >= 0.6 is 0 Å². The number of hydrazine groups is 1. The number of carbonyl (C=O) groups excluding carboxylic acids is 1. The second-order valence-electron chi connectivity index (χ2n) is 3.24. The summed E-state index contributed by atoms with van der Waals surface area (Å²) in [7, 11) is 3.46. The second kappa shape index (κ2) is 5.85. The Morgan fingerprint density at radius 2 is 2.38 bits per heavy atom. The summed E-state index contributed by atoms with van der Waals surface area (Å²) in [6.45, 7) is 0.254. The monoisotopic (exact) mass is 218 g/mol. The molecule has 0 unspecified atom stereocenters.